The molecule has 6 nitrogen and oxygen atoms in total. The van der Waals surface area contributed by atoms with Crippen LogP contribution < -0.4 is 9.58 Å². The molecule has 0 fully saturated rings. The summed E-state index contributed by atoms with van der Waals surface area (Å²) in [5.41, 5.74) is 3.10. The van der Waals surface area contributed by atoms with Crippen LogP contribution in [-0.2, 0) is 16.7 Å². The number of unbranched alkanes of at least 4 members (excludes halogenated alkanes) is 1. The minimum absolute atomic E-state index is 0.319. The molecule has 0 atom stereocenters. The van der Waals surface area contributed by atoms with E-state index >= 15 is 0 Å². The van der Waals surface area contributed by atoms with Crippen molar-refractivity contribution < 1.29 is 17.5 Å². The van der Waals surface area contributed by atoms with Gasteiger partial charge in [0.2, 0.25) is 5.69 Å². The summed E-state index contributed by atoms with van der Waals surface area (Å²) >= 11 is 0. The van der Waals surface area contributed by atoms with Crippen molar-refractivity contribution in [1.82, 2.24) is 0 Å². The molecule has 0 radical (unpaired) electrons. The SMILES string of the molecule is Cc1ccc(N(C)N=Cc2cccc[n+]2CCCCS(=O)(=O)[O-])cc1. The quantitative estimate of drug-likeness (QED) is 0.237. The Morgan fingerprint density at radius 1 is 1.16 bits per heavy atom. The fraction of sp³-hybridized carbons (Fsp3) is 0.333. The van der Waals surface area contributed by atoms with Gasteiger partial charge < -0.3 is 4.55 Å². The zero-order chi connectivity index (χ0) is 18.3. The lowest BCUT2D eigenvalue weighted by Crippen LogP contribution is -2.38. The van der Waals surface area contributed by atoms with Crippen LogP contribution in [0, 0.1) is 6.92 Å². The Bertz CT molecular complexity index is 818. The zero-order valence-corrected chi connectivity index (χ0v) is 15.3. The van der Waals surface area contributed by atoms with Crippen LogP contribution >= 0.6 is 0 Å². The Morgan fingerprint density at radius 3 is 2.56 bits per heavy atom. The summed E-state index contributed by atoms with van der Waals surface area (Å²) in [6, 6.07) is 13.9. The van der Waals surface area contributed by atoms with Gasteiger partial charge in [-0.1, -0.05) is 17.7 Å². The Balaban J connectivity index is 2.00. The van der Waals surface area contributed by atoms with Crippen LogP contribution in [-0.4, -0.2) is 32.0 Å². The van der Waals surface area contributed by atoms with Gasteiger partial charge in [-0.2, -0.15) is 9.67 Å². The maximum atomic E-state index is 10.7. The first kappa shape index (κ1) is 19.1. The number of anilines is 1. The fourth-order valence-electron chi connectivity index (χ4n) is 2.34. The van der Waals surface area contributed by atoms with Gasteiger partial charge in [0.05, 0.1) is 15.8 Å². The average molecular weight is 361 g/mol. The van der Waals surface area contributed by atoms with Gasteiger partial charge in [-0.05, 0) is 31.5 Å². The van der Waals surface area contributed by atoms with E-state index < -0.39 is 10.1 Å². The third-order valence-corrected chi connectivity index (χ3v) is 4.58. The van der Waals surface area contributed by atoms with Crippen LogP contribution in [0.5, 0.6) is 0 Å². The lowest BCUT2D eigenvalue weighted by molar-refractivity contribution is -0.698. The van der Waals surface area contributed by atoms with Crippen molar-refractivity contribution in [2.24, 2.45) is 5.10 Å². The molecule has 0 saturated heterocycles. The summed E-state index contributed by atoms with van der Waals surface area (Å²) in [7, 11) is -2.25. The number of hydrogen-bond acceptors (Lipinski definition) is 5. The van der Waals surface area contributed by atoms with Gasteiger partial charge in [0.15, 0.2) is 6.20 Å². The van der Waals surface area contributed by atoms with Crippen molar-refractivity contribution in [2.45, 2.75) is 26.3 Å². The molecule has 7 heteroatoms. The van der Waals surface area contributed by atoms with Gasteiger partial charge in [-0.25, -0.2) is 8.42 Å². The number of benzene rings is 1. The molecular formula is C18H23N3O3S. The van der Waals surface area contributed by atoms with Crippen molar-refractivity contribution >= 4 is 22.0 Å². The van der Waals surface area contributed by atoms with Crippen molar-refractivity contribution in [3.8, 4) is 0 Å². The van der Waals surface area contributed by atoms with Crippen molar-refractivity contribution in [3.63, 3.8) is 0 Å². The highest BCUT2D eigenvalue weighted by molar-refractivity contribution is 7.85. The Labute approximate surface area is 149 Å². The summed E-state index contributed by atoms with van der Waals surface area (Å²) in [6.07, 6.45) is 4.65. The van der Waals surface area contributed by atoms with Crippen LogP contribution in [0.3, 0.4) is 0 Å². The van der Waals surface area contributed by atoms with Crippen LogP contribution in [0.1, 0.15) is 24.1 Å². The normalized spacial score (nSPS) is 11.8. The van der Waals surface area contributed by atoms with Gasteiger partial charge in [-0.3, -0.25) is 5.01 Å². The van der Waals surface area contributed by atoms with Crippen LogP contribution in [0.4, 0.5) is 5.69 Å². The van der Waals surface area contributed by atoms with E-state index in [2.05, 4.69) is 5.10 Å². The predicted octanol–water partition coefficient (Wildman–Crippen LogP) is 2.08. The van der Waals surface area contributed by atoms with Crippen LogP contribution in [0.25, 0.3) is 0 Å². The lowest BCUT2D eigenvalue weighted by Gasteiger charge is -2.12. The fourth-order valence-corrected chi connectivity index (χ4v) is 2.90. The highest BCUT2D eigenvalue weighted by Crippen LogP contribution is 2.13. The summed E-state index contributed by atoms with van der Waals surface area (Å²) < 4.78 is 34.0. The molecule has 0 bridgehead atoms. The number of nitrogens with zero attached hydrogens (tertiary/aromatic N) is 3. The third kappa shape index (κ3) is 6.64. The van der Waals surface area contributed by atoms with E-state index in [1.807, 2.05) is 67.2 Å². The van der Waals surface area contributed by atoms with E-state index in [0.29, 0.717) is 19.4 Å². The first-order chi connectivity index (χ1) is 11.8. The van der Waals surface area contributed by atoms with Gasteiger partial charge in [0.25, 0.3) is 0 Å². The molecule has 134 valence electrons. The number of aryl methyl sites for hydroxylation is 2. The molecule has 2 aromatic rings. The molecule has 0 aliphatic rings. The maximum absolute atomic E-state index is 10.7. The molecule has 0 spiro atoms. The van der Waals surface area contributed by atoms with Crippen molar-refractivity contribution in [3.05, 3.63) is 59.9 Å². The number of hydrazone groups is 1. The topological polar surface area (TPSA) is 76.7 Å². The van der Waals surface area contributed by atoms with Gasteiger partial charge >= 0.3 is 0 Å². The number of aromatic nitrogens is 1. The highest BCUT2D eigenvalue weighted by atomic mass is 32.2. The highest BCUT2D eigenvalue weighted by Gasteiger charge is 2.08. The second kappa shape index (κ2) is 8.73. The maximum Gasteiger partial charge on any atom is 0.225 e. The molecule has 0 aliphatic carbocycles. The minimum Gasteiger partial charge on any atom is -0.748 e. The number of pyridine rings is 1. The van der Waals surface area contributed by atoms with Gasteiger partial charge in [-0.15, -0.1) is 0 Å². The van der Waals surface area contributed by atoms with Crippen molar-refractivity contribution in [1.29, 1.82) is 0 Å². The molecule has 0 N–H and O–H groups in total. The average Bonchev–Trinajstić information content (AvgIpc) is 2.57. The first-order valence-corrected chi connectivity index (χ1v) is 9.69. The molecule has 0 unspecified atom stereocenters. The zero-order valence-electron chi connectivity index (χ0n) is 14.5. The van der Waals surface area contributed by atoms with E-state index in [1.54, 1.807) is 11.2 Å². The van der Waals surface area contributed by atoms with E-state index in [9.17, 15) is 13.0 Å². The number of hydrogen-bond donors (Lipinski definition) is 0. The second-order valence-electron chi connectivity index (χ2n) is 5.89. The van der Waals surface area contributed by atoms with E-state index in [1.165, 1.54) is 5.56 Å². The number of rotatable bonds is 8. The van der Waals surface area contributed by atoms with Crippen LogP contribution in [0.2, 0.25) is 0 Å². The smallest absolute Gasteiger partial charge is 0.225 e. The molecule has 0 aliphatic heterocycles. The Morgan fingerprint density at radius 2 is 1.88 bits per heavy atom. The molecule has 0 amide bonds. The Kier molecular flexibility index (Phi) is 6.66. The monoisotopic (exact) mass is 361 g/mol. The van der Waals surface area contributed by atoms with Gasteiger partial charge in [0.1, 0.15) is 12.8 Å². The minimum atomic E-state index is -4.14. The van der Waals surface area contributed by atoms with E-state index in [4.69, 9.17) is 0 Å². The summed E-state index contributed by atoms with van der Waals surface area (Å²) in [5, 5.41) is 6.26. The molecule has 1 aromatic heterocycles. The standard InChI is InChI=1S/C18H23N3O3S/c1-16-8-10-17(11-9-16)20(2)19-15-18-7-3-4-12-21(18)13-5-6-14-25(22,23)24/h3-4,7-12,15H,5-6,13-14H2,1-2H3. The van der Waals surface area contributed by atoms with Gasteiger partial charge in [0, 0.05) is 31.4 Å². The Hall–Kier alpha value is -2.25. The summed E-state index contributed by atoms with van der Waals surface area (Å²) in [4.78, 5) is 0. The third-order valence-electron chi connectivity index (χ3n) is 3.79. The van der Waals surface area contributed by atoms with Crippen molar-refractivity contribution in [2.75, 3.05) is 17.8 Å². The molecular weight excluding hydrogens is 338 g/mol. The van der Waals surface area contributed by atoms with E-state index in [-0.39, 0.29) is 5.75 Å². The predicted molar refractivity (Wildman–Crippen MR) is 97.6 cm³/mol. The first-order valence-electron chi connectivity index (χ1n) is 8.11. The summed E-state index contributed by atoms with van der Waals surface area (Å²) in [6.45, 7) is 2.67. The molecule has 25 heavy (non-hydrogen) atoms. The largest absolute Gasteiger partial charge is 0.748 e. The van der Waals surface area contributed by atoms with E-state index in [0.717, 1.165) is 11.4 Å². The molecule has 1 aromatic carbocycles. The summed E-state index contributed by atoms with van der Waals surface area (Å²) in [5.74, 6) is -0.319. The lowest BCUT2D eigenvalue weighted by atomic mass is 10.2. The molecule has 2 rings (SSSR count). The van der Waals surface area contributed by atoms with Crippen LogP contribution in [0.15, 0.2) is 53.8 Å². The molecule has 1 heterocycles. The second-order valence-corrected chi connectivity index (χ2v) is 7.42. The molecule has 0 saturated carbocycles.